The highest BCUT2D eigenvalue weighted by Crippen LogP contribution is 2.24. The average Bonchev–Trinajstić information content (AvgIpc) is 2.97. The van der Waals surface area contributed by atoms with Crippen LogP contribution in [0.15, 0.2) is 14.9 Å². The van der Waals surface area contributed by atoms with E-state index in [9.17, 15) is 8.42 Å². The maximum Gasteiger partial charge on any atom is 0.248 e. The van der Waals surface area contributed by atoms with Gasteiger partial charge in [-0.1, -0.05) is 5.16 Å². The molecule has 1 fully saturated rings. The van der Waals surface area contributed by atoms with Gasteiger partial charge in [-0.25, -0.2) is 13.4 Å². The van der Waals surface area contributed by atoms with E-state index in [1.165, 1.54) is 4.88 Å². The third-order valence-electron chi connectivity index (χ3n) is 4.33. The zero-order valence-corrected chi connectivity index (χ0v) is 15.8. The van der Waals surface area contributed by atoms with Crippen molar-refractivity contribution in [3.8, 4) is 0 Å². The van der Waals surface area contributed by atoms with Crippen LogP contribution in [0.1, 0.15) is 28.4 Å². The lowest BCUT2D eigenvalue weighted by molar-refractivity contribution is 0.280. The highest BCUT2D eigenvalue weighted by atomic mass is 32.2. The molecule has 0 bridgehead atoms. The number of sulfonamides is 1. The van der Waals surface area contributed by atoms with Crippen molar-refractivity contribution in [2.24, 2.45) is 0 Å². The Morgan fingerprint density at radius 2 is 1.96 bits per heavy atom. The Bertz CT molecular complexity index is 793. The summed E-state index contributed by atoms with van der Waals surface area (Å²) in [5.74, 6) is 0.355. The second kappa shape index (κ2) is 6.91. The van der Waals surface area contributed by atoms with Crippen molar-refractivity contribution in [1.29, 1.82) is 0 Å². The Labute approximate surface area is 146 Å². The number of hydrogen-bond donors (Lipinski definition) is 0. The highest BCUT2D eigenvalue weighted by molar-refractivity contribution is 7.89. The topological polar surface area (TPSA) is 79.5 Å². The van der Waals surface area contributed by atoms with Crippen molar-refractivity contribution in [3.05, 3.63) is 27.5 Å². The van der Waals surface area contributed by atoms with Gasteiger partial charge in [0.25, 0.3) is 0 Å². The van der Waals surface area contributed by atoms with Gasteiger partial charge < -0.3 is 4.52 Å². The molecular weight excluding hydrogens is 348 g/mol. The minimum atomic E-state index is -3.56. The van der Waals surface area contributed by atoms with Gasteiger partial charge in [0, 0.05) is 31.1 Å². The molecule has 0 spiro atoms. The first-order chi connectivity index (χ1) is 11.4. The van der Waals surface area contributed by atoms with Crippen molar-refractivity contribution in [2.75, 3.05) is 26.2 Å². The third-order valence-corrected chi connectivity index (χ3v) is 7.39. The summed E-state index contributed by atoms with van der Waals surface area (Å²) in [4.78, 5) is 8.04. The smallest absolute Gasteiger partial charge is 0.248 e. The molecule has 24 heavy (non-hydrogen) atoms. The first kappa shape index (κ1) is 17.5. The van der Waals surface area contributed by atoms with E-state index < -0.39 is 10.0 Å². The van der Waals surface area contributed by atoms with Crippen LogP contribution in [-0.2, 0) is 16.6 Å². The molecule has 2 aromatic rings. The Balaban J connectivity index is 1.72. The molecule has 132 valence electrons. The lowest BCUT2D eigenvalue weighted by Gasteiger charge is -2.21. The van der Waals surface area contributed by atoms with E-state index >= 15 is 0 Å². The SMILES string of the molecule is Cc1ncsc1CN1CCCN(S(=O)(=O)c2c(C)noc2C)CC1. The summed E-state index contributed by atoms with van der Waals surface area (Å²) in [5.41, 5.74) is 3.34. The van der Waals surface area contributed by atoms with Gasteiger partial charge in [0.15, 0.2) is 5.76 Å². The molecule has 3 heterocycles. The second-order valence-electron chi connectivity index (χ2n) is 6.05. The third kappa shape index (κ3) is 3.39. The fraction of sp³-hybridized carbons (Fsp3) is 0.600. The van der Waals surface area contributed by atoms with Gasteiger partial charge in [-0.15, -0.1) is 11.3 Å². The first-order valence-electron chi connectivity index (χ1n) is 7.94. The summed E-state index contributed by atoms with van der Waals surface area (Å²) < 4.78 is 32.4. The average molecular weight is 371 g/mol. The van der Waals surface area contributed by atoms with Crippen LogP contribution < -0.4 is 0 Å². The van der Waals surface area contributed by atoms with Crippen molar-refractivity contribution in [2.45, 2.75) is 38.6 Å². The molecule has 7 nitrogen and oxygen atoms in total. The van der Waals surface area contributed by atoms with Crippen molar-refractivity contribution in [1.82, 2.24) is 19.3 Å². The van der Waals surface area contributed by atoms with Gasteiger partial charge in [-0.2, -0.15) is 4.31 Å². The molecule has 0 amide bonds. The number of rotatable bonds is 4. The minimum absolute atomic E-state index is 0.217. The second-order valence-corrected chi connectivity index (χ2v) is 8.86. The monoisotopic (exact) mass is 370 g/mol. The molecule has 0 N–H and O–H groups in total. The molecule has 0 atom stereocenters. The van der Waals surface area contributed by atoms with Gasteiger partial charge in [0.1, 0.15) is 10.6 Å². The fourth-order valence-corrected chi connectivity index (χ4v) is 5.58. The van der Waals surface area contributed by atoms with Crippen molar-refractivity contribution in [3.63, 3.8) is 0 Å². The summed E-state index contributed by atoms with van der Waals surface area (Å²) in [5, 5.41) is 3.78. The zero-order valence-electron chi connectivity index (χ0n) is 14.2. The van der Waals surface area contributed by atoms with E-state index in [1.807, 2.05) is 12.4 Å². The number of thiazole rings is 1. The van der Waals surface area contributed by atoms with Crippen LogP contribution in [0.5, 0.6) is 0 Å². The Morgan fingerprint density at radius 3 is 2.58 bits per heavy atom. The van der Waals surface area contributed by atoms with E-state index in [-0.39, 0.29) is 4.90 Å². The Kier molecular flexibility index (Phi) is 5.05. The molecule has 3 rings (SSSR count). The van der Waals surface area contributed by atoms with Crippen LogP contribution in [0, 0.1) is 20.8 Å². The summed E-state index contributed by atoms with van der Waals surface area (Å²) >= 11 is 1.65. The van der Waals surface area contributed by atoms with E-state index in [0.717, 1.165) is 25.2 Å². The molecule has 1 saturated heterocycles. The molecule has 0 saturated carbocycles. The fourth-order valence-electron chi connectivity index (χ4n) is 3.00. The summed E-state index contributed by atoms with van der Waals surface area (Å²) in [6.07, 6.45) is 0.806. The van der Waals surface area contributed by atoms with E-state index in [2.05, 4.69) is 15.0 Å². The number of aryl methyl sites for hydroxylation is 3. The maximum absolute atomic E-state index is 12.9. The van der Waals surface area contributed by atoms with Crippen LogP contribution in [0.4, 0.5) is 0 Å². The predicted molar refractivity (Wildman–Crippen MR) is 91.5 cm³/mol. The van der Waals surface area contributed by atoms with Crippen molar-refractivity contribution >= 4 is 21.4 Å². The Morgan fingerprint density at radius 1 is 1.17 bits per heavy atom. The molecular formula is C15H22N4O3S2. The summed E-state index contributed by atoms with van der Waals surface area (Å²) in [6, 6.07) is 0. The van der Waals surface area contributed by atoms with Gasteiger partial charge in [0.05, 0.1) is 11.2 Å². The quantitative estimate of drug-likeness (QED) is 0.818. The predicted octanol–water partition coefficient (Wildman–Crippen LogP) is 1.95. The molecule has 0 unspecified atom stereocenters. The molecule has 0 radical (unpaired) electrons. The maximum atomic E-state index is 12.9. The van der Waals surface area contributed by atoms with E-state index in [0.29, 0.717) is 31.1 Å². The summed E-state index contributed by atoms with van der Waals surface area (Å²) in [7, 11) is -3.56. The minimum Gasteiger partial charge on any atom is -0.360 e. The molecule has 1 aliphatic rings. The van der Waals surface area contributed by atoms with E-state index in [1.54, 1.807) is 29.5 Å². The standard InChI is InChI=1S/C15H22N4O3S2/c1-11-14(23-10-16-11)9-18-5-4-6-19(8-7-18)24(20,21)15-12(2)17-22-13(15)3/h10H,4-9H2,1-3H3. The number of aromatic nitrogens is 2. The lowest BCUT2D eigenvalue weighted by Crippen LogP contribution is -2.35. The van der Waals surface area contributed by atoms with Crippen LogP contribution in [0.25, 0.3) is 0 Å². The number of hydrogen-bond acceptors (Lipinski definition) is 7. The van der Waals surface area contributed by atoms with Crippen LogP contribution >= 0.6 is 11.3 Å². The molecule has 2 aromatic heterocycles. The lowest BCUT2D eigenvalue weighted by atomic mass is 10.3. The first-order valence-corrected chi connectivity index (χ1v) is 10.3. The number of nitrogens with zero attached hydrogens (tertiary/aromatic N) is 4. The van der Waals surface area contributed by atoms with Crippen LogP contribution in [0.2, 0.25) is 0 Å². The zero-order chi connectivity index (χ0) is 17.3. The highest BCUT2D eigenvalue weighted by Gasteiger charge is 2.32. The molecule has 0 aliphatic carbocycles. The normalized spacial score (nSPS) is 18.0. The van der Waals surface area contributed by atoms with Gasteiger partial charge in [0.2, 0.25) is 10.0 Å². The van der Waals surface area contributed by atoms with Gasteiger partial charge in [-0.05, 0) is 33.7 Å². The molecule has 9 heteroatoms. The molecule has 1 aliphatic heterocycles. The van der Waals surface area contributed by atoms with E-state index in [4.69, 9.17) is 4.52 Å². The Hall–Kier alpha value is -1.29. The van der Waals surface area contributed by atoms with Gasteiger partial charge >= 0.3 is 0 Å². The van der Waals surface area contributed by atoms with Crippen LogP contribution in [-0.4, -0.2) is 53.9 Å². The van der Waals surface area contributed by atoms with Gasteiger partial charge in [-0.3, -0.25) is 4.90 Å². The molecule has 0 aromatic carbocycles. The van der Waals surface area contributed by atoms with Crippen LogP contribution in [0.3, 0.4) is 0 Å². The van der Waals surface area contributed by atoms with Crippen molar-refractivity contribution < 1.29 is 12.9 Å². The summed E-state index contributed by atoms with van der Waals surface area (Å²) in [6.45, 7) is 8.73. The largest absolute Gasteiger partial charge is 0.360 e.